The van der Waals surface area contributed by atoms with Crippen molar-refractivity contribution < 1.29 is 26.7 Å². The largest absolute Gasteiger partial charge is 0.416 e. The van der Waals surface area contributed by atoms with E-state index in [0.29, 0.717) is 18.4 Å². The van der Waals surface area contributed by atoms with Crippen molar-refractivity contribution in [3.63, 3.8) is 0 Å². The molecule has 37 heavy (non-hydrogen) atoms. The highest BCUT2D eigenvalue weighted by Gasteiger charge is 2.57. The number of hydrogen-bond acceptors (Lipinski definition) is 1. The van der Waals surface area contributed by atoms with Gasteiger partial charge < -0.3 is 5.32 Å². The summed E-state index contributed by atoms with van der Waals surface area (Å²) in [5, 5.41) is 3.02. The first kappa shape index (κ1) is 27.6. The molecule has 2 amide bonds. The van der Waals surface area contributed by atoms with Crippen LogP contribution in [0.4, 0.5) is 26.7 Å². The van der Waals surface area contributed by atoms with Crippen LogP contribution in [0.1, 0.15) is 89.3 Å². The number of halogens is 5. The summed E-state index contributed by atoms with van der Waals surface area (Å²) in [4.78, 5) is 15.1. The van der Waals surface area contributed by atoms with Gasteiger partial charge in [-0.25, -0.2) is 13.6 Å². The van der Waals surface area contributed by atoms with Gasteiger partial charge in [0.05, 0.1) is 16.6 Å². The number of aryl methyl sites for hydroxylation is 1. The lowest BCUT2D eigenvalue weighted by Crippen LogP contribution is -2.60. The molecule has 204 valence electrons. The highest BCUT2D eigenvalue weighted by molar-refractivity contribution is 5.81. The molecule has 0 radical (unpaired) electrons. The summed E-state index contributed by atoms with van der Waals surface area (Å²) in [5.74, 6) is -3.10. The normalized spacial score (nSPS) is 25.0. The van der Waals surface area contributed by atoms with Crippen LogP contribution in [0.2, 0.25) is 0 Å². The standard InChI is InChI=1S/C29H37F5N2O/c1-6-28(22-10-9-20(8-7-18(2)3)23(13-22)29(32,33)34)24(21-15-27(30,31)16-21)17-36(25(37)35-28)26(11-12-26)14-19(4)5/h9-10,13,17-18,21H,4,6-8,11-12,14-16H2,1-3,5H3,(H,35,37)/t28-/m0/s1. The highest BCUT2D eigenvalue weighted by atomic mass is 19.4. The maximum Gasteiger partial charge on any atom is 0.416 e. The predicted octanol–water partition coefficient (Wildman–Crippen LogP) is 8.35. The molecule has 2 saturated carbocycles. The zero-order valence-electron chi connectivity index (χ0n) is 22.1. The van der Waals surface area contributed by atoms with Gasteiger partial charge in [-0.05, 0) is 80.1 Å². The van der Waals surface area contributed by atoms with Crippen LogP contribution >= 0.6 is 0 Å². The topological polar surface area (TPSA) is 32.3 Å². The van der Waals surface area contributed by atoms with E-state index in [1.165, 1.54) is 6.07 Å². The monoisotopic (exact) mass is 524 g/mol. The van der Waals surface area contributed by atoms with E-state index in [1.807, 2.05) is 20.8 Å². The zero-order valence-corrected chi connectivity index (χ0v) is 22.1. The van der Waals surface area contributed by atoms with Gasteiger partial charge in [0, 0.05) is 19.0 Å². The van der Waals surface area contributed by atoms with Gasteiger partial charge in [0.25, 0.3) is 0 Å². The van der Waals surface area contributed by atoms with Crippen LogP contribution in [0, 0.1) is 11.8 Å². The van der Waals surface area contributed by atoms with Crippen molar-refractivity contribution in [3.8, 4) is 0 Å². The van der Waals surface area contributed by atoms with E-state index < -0.39 is 40.7 Å². The van der Waals surface area contributed by atoms with Gasteiger partial charge in [0.1, 0.15) is 0 Å². The maximum absolute atomic E-state index is 14.2. The molecule has 1 aromatic rings. The van der Waals surface area contributed by atoms with Crippen molar-refractivity contribution in [2.24, 2.45) is 11.8 Å². The van der Waals surface area contributed by atoms with E-state index in [4.69, 9.17) is 0 Å². The number of nitrogens with one attached hydrogen (secondary N) is 1. The molecular weight excluding hydrogens is 487 g/mol. The minimum atomic E-state index is -4.57. The van der Waals surface area contributed by atoms with Crippen LogP contribution in [0.3, 0.4) is 0 Å². The molecule has 0 bridgehead atoms. The molecule has 3 nitrogen and oxygen atoms in total. The first-order valence-electron chi connectivity index (χ1n) is 13.2. The van der Waals surface area contributed by atoms with E-state index in [1.54, 1.807) is 24.1 Å². The van der Waals surface area contributed by atoms with Crippen molar-refractivity contribution in [1.29, 1.82) is 0 Å². The van der Waals surface area contributed by atoms with Gasteiger partial charge in [-0.15, -0.1) is 6.58 Å². The molecule has 4 rings (SSSR count). The summed E-state index contributed by atoms with van der Waals surface area (Å²) < 4.78 is 70.6. The first-order chi connectivity index (χ1) is 17.1. The van der Waals surface area contributed by atoms with Crippen molar-refractivity contribution in [2.45, 2.75) is 102 Å². The third-order valence-corrected chi connectivity index (χ3v) is 8.23. The van der Waals surface area contributed by atoms with Gasteiger partial charge in [-0.1, -0.05) is 38.5 Å². The van der Waals surface area contributed by atoms with Crippen molar-refractivity contribution in [1.82, 2.24) is 10.2 Å². The number of hydrogen-bond donors (Lipinski definition) is 1. The highest BCUT2D eigenvalue weighted by Crippen LogP contribution is 2.55. The first-order valence-corrected chi connectivity index (χ1v) is 13.2. The Balaban J connectivity index is 1.82. The van der Waals surface area contributed by atoms with E-state index in [0.717, 1.165) is 24.5 Å². The number of carbonyl (C=O) groups is 1. The molecule has 8 heteroatoms. The van der Waals surface area contributed by atoms with Crippen LogP contribution < -0.4 is 5.32 Å². The molecule has 3 aliphatic rings. The molecule has 1 aliphatic heterocycles. The Kier molecular flexibility index (Phi) is 7.04. The van der Waals surface area contributed by atoms with Crippen LogP contribution in [-0.4, -0.2) is 22.4 Å². The van der Waals surface area contributed by atoms with Crippen molar-refractivity contribution in [3.05, 3.63) is 58.8 Å². The molecule has 1 aromatic carbocycles. The van der Waals surface area contributed by atoms with Gasteiger partial charge in [0.2, 0.25) is 5.92 Å². The summed E-state index contributed by atoms with van der Waals surface area (Å²) >= 11 is 0. The average Bonchev–Trinajstić information content (AvgIpc) is 3.54. The number of amides is 2. The Labute approximate surface area is 216 Å². The average molecular weight is 525 g/mol. The molecule has 2 aliphatic carbocycles. The summed E-state index contributed by atoms with van der Waals surface area (Å²) in [6.07, 6.45) is -0.393. The van der Waals surface area contributed by atoms with Crippen LogP contribution in [-0.2, 0) is 18.1 Å². The second kappa shape index (κ2) is 9.42. The number of alkyl halides is 5. The number of benzene rings is 1. The Hall–Kier alpha value is -2.38. The number of rotatable bonds is 9. The van der Waals surface area contributed by atoms with Gasteiger partial charge >= 0.3 is 12.2 Å². The molecule has 0 spiro atoms. The summed E-state index contributed by atoms with van der Waals surface area (Å²) in [7, 11) is 0. The maximum atomic E-state index is 14.2. The number of nitrogens with zero attached hydrogens (tertiary/aromatic N) is 1. The zero-order chi connectivity index (χ0) is 27.4. The molecule has 1 heterocycles. The molecule has 0 saturated heterocycles. The smallest absolute Gasteiger partial charge is 0.324 e. The second-order valence-electron chi connectivity index (χ2n) is 11.8. The Morgan fingerprint density at radius 3 is 2.35 bits per heavy atom. The Bertz CT molecular complexity index is 1090. The third-order valence-electron chi connectivity index (χ3n) is 8.23. The summed E-state index contributed by atoms with van der Waals surface area (Å²) in [5.41, 5.74) is -0.495. The minimum Gasteiger partial charge on any atom is -0.324 e. The summed E-state index contributed by atoms with van der Waals surface area (Å²) in [6, 6.07) is 3.84. The minimum absolute atomic E-state index is 0.207. The number of urea groups is 1. The predicted molar refractivity (Wildman–Crippen MR) is 134 cm³/mol. The molecule has 0 aromatic heterocycles. The molecule has 2 fully saturated rings. The lowest BCUT2D eigenvalue weighted by molar-refractivity contribution is -0.138. The summed E-state index contributed by atoms with van der Waals surface area (Å²) in [6.45, 7) is 11.6. The Morgan fingerprint density at radius 2 is 1.86 bits per heavy atom. The van der Waals surface area contributed by atoms with E-state index in [2.05, 4.69) is 11.9 Å². The number of carbonyl (C=O) groups excluding carboxylic acids is 1. The second-order valence-corrected chi connectivity index (χ2v) is 11.8. The van der Waals surface area contributed by atoms with E-state index in [9.17, 15) is 26.7 Å². The van der Waals surface area contributed by atoms with E-state index >= 15 is 0 Å². The van der Waals surface area contributed by atoms with Crippen molar-refractivity contribution in [2.75, 3.05) is 0 Å². The lowest BCUT2D eigenvalue weighted by atomic mass is 9.66. The van der Waals surface area contributed by atoms with Crippen LogP contribution in [0.5, 0.6) is 0 Å². The van der Waals surface area contributed by atoms with E-state index in [-0.39, 0.29) is 42.7 Å². The fourth-order valence-corrected chi connectivity index (χ4v) is 6.02. The molecule has 1 atom stereocenters. The SMILES string of the molecule is C=C(C)CC1(N2C=C(C3CC(F)(F)C3)[C@](CC)(c3ccc(CCC(C)C)c(C(F)(F)F)c3)NC2=O)CC1. The fourth-order valence-electron chi connectivity index (χ4n) is 6.02. The Morgan fingerprint density at radius 1 is 1.22 bits per heavy atom. The quantitative estimate of drug-likeness (QED) is 0.256. The van der Waals surface area contributed by atoms with Gasteiger partial charge in [-0.3, -0.25) is 4.90 Å². The van der Waals surface area contributed by atoms with Crippen molar-refractivity contribution >= 4 is 6.03 Å². The van der Waals surface area contributed by atoms with Crippen LogP contribution in [0.25, 0.3) is 0 Å². The van der Waals surface area contributed by atoms with Gasteiger partial charge in [0.15, 0.2) is 0 Å². The van der Waals surface area contributed by atoms with Gasteiger partial charge in [-0.2, -0.15) is 13.2 Å². The molecular formula is C29H37F5N2O. The molecule has 0 unspecified atom stereocenters. The van der Waals surface area contributed by atoms with Crippen LogP contribution in [0.15, 0.2) is 42.1 Å². The lowest BCUT2D eigenvalue weighted by Gasteiger charge is -2.50. The third kappa shape index (κ3) is 5.30. The fraction of sp³-hybridized carbons (Fsp3) is 0.621. The molecule has 1 N–H and O–H groups in total.